The summed E-state index contributed by atoms with van der Waals surface area (Å²) >= 11 is 4.99. The molecule has 15 heavy (non-hydrogen) atoms. The third-order valence-corrected chi connectivity index (χ3v) is 4.09. The monoisotopic (exact) mass is 226 g/mol. The quantitative estimate of drug-likeness (QED) is 0.722. The van der Waals surface area contributed by atoms with Crippen molar-refractivity contribution in [3.63, 3.8) is 0 Å². The normalized spacial score (nSPS) is 25.0. The molecule has 3 nitrogen and oxygen atoms in total. The third kappa shape index (κ3) is 1.87. The molecule has 2 rings (SSSR count). The predicted octanol–water partition coefficient (Wildman–Crippen LogP) is 1.31. The molecule has 0 unspecified atom stereocenters. The zero-order valence-electron chi connectivity index (χ0n) is 9.16. The maximum atomic E-state index is 12.2. The molecular formula is C11H18N2OS. The van der Waals surface area contributed by atoms with Gasteiger partial charge in [0.15, 0.2) is 0 Å². The minimum absolute atomic E-state index is 0.182. The lowest BCUT2D eigenvalue weighted by Crippen LogP contribution is -2.46. The molecular weight excluding hydrogens is 208 g/mol. The SMILES string of the molecule is CC1CCN(C(=O)C2(C(N)=S)CC2)CC1. The van der Waals surface area contributed by atoms with E-state index in [2.05, 4.69) is 6.92 Å². The van der Waals surface area contributed by atoms with E-state index in [1.165, 1.54) is 0 Å². The Labute approximate surface area is 96.0 Å². The van der Waals surface area contributed by atoms with Crippen LogP contribution in [0.2, 0.25) is 0 Å². The Balaban J connectivity index is 2.00. The summed E-state index contributed by atoms with van der Waals surface area (Å²) in [6.07, 6.45) is 3.93. The van der Waals surface area contributed by atoms with Crippen LogP contribution in [0, 0.1) is 11.3 Å². The standard InChI is InChI=1S/C11H18N2OS/c1-8-2-6-13(7-3-8)10(14)11(4-5-11)9(12)15/h8H,2-7H2,1H3,(H2,12,15). The van der Waals surface area contributed by atoms with Gasteiger partial charge in [0.25, 0.3) is 0 Å². The molecule has 0 atom stereocenters. The fourth-order valence-electron chi connectivity index (χ4n) is 2.20. The number of carbonyl (C=O) groups excluding carboxylic acids is 1. The highest BCUT2D eigenvalue weighted by atomic mass is 32.1. The van der Waals surface area contributed by atoms with Crippen molar-refractivity contribution in [1.29, 1.82) is 0 Å². The molecule has 0 aromatic carbocycles. The Morgan fingerprint density at radius 2 is 1.93 bits per heavy atom. The number of hydrogen-bond donors (Lipinski definition) is 1. The van der Waals surface area contributed by atoms with Crippen LogP contribution in [-0.4, -0.2) is 28.9 Å². The number of amides is 1. The summed E-state index contributed by atoms with van der Waals surface area (Å²) in [4.78, 5) is 14.5. The summed E-state index contributed by atoms with van der Waals surface area (Å²) in [5.41, 5.74) is 5.20. The van der Waals surface area contributed by atoms with Gasteiger partial charge in [-0.1, -0.05) is 19.1 Å². The van der Waals surface area contributed by atoms with Crippen LogP contribution in [0.4, 0.5) is 0 Å². The van der Waals surface area contributed by atoms with Gasteiger partial charge in [-0.3, -0.25) is 4.79 Å². The maximum absolute atomic E-state index is 12.2. The van der Waals surface area contributed by atoms with Gasteiger partial charge in [0.1, 0.15) is 0 Å². The van der Waals surface area contributed by atoms with E-state index >= 15 is 0 Å². The van der Waals surface area contributed by atoms with E-state index < -0.39 is 5.41 Å². The molecule has 1 heterocycles. The second-order valence-corrected chi connectivity index (χ2v) is 5.36. The van der Waals surface area contributed by atoms with Gasteiger partial charge in [0.2, 0.25) is 5.91 Å². The number of thiocarbonyl (C=S) groups is 1. The van der Waals surface area contributed by atoms with Crippen LogP contribution in [-0.2, 0) is 4.79 Å². The lowest BCUT2D eigenvalue weighted by Gasteiger charge is -2.32. The number of likely N-dealkylation sites (tertiary alicyclic amines) is 1. The first-order valence-corrected chi connectivity index (χ1v) is 6.06. The average Bonchev–Trinajstić information content (AvgIpc) is 2.98. The van der Waals surface area contributed by atoms with Gasteiger partial charge in [-0.05, 0) is 31.6 Å². The molecule has 1 amide bonds. The van der Waals surface area contributed by atoms with E-state index in [1.807, 2.05) is 4.90 Å². The summed E-state index contributed by atoms with van der Waals surface area (Å²) in [5, 5.41) is 0. The number of piperidine rings is 1. The molecule has 0 aromatic rings. The Hall–Kier alpha value is -0.640. The van der Waals surface area contributed by atoms with Gasteiger partial charge in [0.05, 0.1) is 10.4 Å². The summed E-state index contributed by atoms with van der Waals surface area (Å²) in [5.74, 6) is 0.927. The molecule has 1 aliphatic heterocycles. The number of carbonyl (C=O) groups is 1. The molecule has 1 aliphatic carbocycles. The molecule has 2 fully saturated rings. The van der Waals surface area contributed by atoms with Crippen LogP contribution in [0.25, 0.3) is 0 Å². The van der Waals surface area contributed by atoms with Crippen molar-refractivity contribution in [1.82, 2.24) is 4.90 Å². The fraction of sp³-hybridized carbons (Fsp3) is 0.818. The second kappa shape index (κ2) is 3.74. The number of nitrogens with two attached hydrogens (primary N) is 1. The van der Waals surface area contributed by atoms with Crippen molar-refractivity contribution in [2.45, 2.75) is 32.6 Å². The van der Waals surface area contributed by atoms with E-state index in [9.17, 15) is 4.79 Å². The van der Waals surface area contributed by atoms with Crippen LogP contribution >= 0.6 is 12.2 Å². The first-order valence-electron chi connectivity index (χ1n) is 5.65. The molecule has 4 heteroatoms. The Morgan fingerprint density at radius 1 is 1.40 bits per heavy atom. The van der Waals surface area contributed by atoms with Gasteiger partial charge in [-0.2, -0.15) is 0 Å². The van der Waals surface area contributed by atoms with Crippen LogP contribution in [0.1, 0.15) is 32.6 Å². The van der Waals surface area contributed by atoms with E-state index in [4.69, 9.17) is 18.0 Å². The Bertz CT molecular complexity index is 291. The first-order chi connectivity index (χ1) is 7.06. The van der Waals surface area contributed by atoms with E-state index in [0.717, 1.165) is 44.7 Å². The summed E-state index contributed by atoms with van der Waals surface area (Å²) in [6.45, 7) is 4.00. The topological polar surface area (TPSA) is 46.3 Å². The van der Waals surface area contributed by atoms with E-state index in [-0.39, 0.29) is 5.91 Å². The number of hydrogen-bond acceptors (Lipinski definition) is 2. The highest BCUT2D eigenvalue weighted by Gasteiger charge is 2.54. The van der Waals surface area contributed by atoms with Gasteiger partial charge < -0.3 is 10.6 Å². The van der Waals surface area contributed by atoms with Crippen molar-refractivity contribution in [3.05, 3.63) is 0 Å². The Morgan fingerprint density at radius 3 is 2.33 bits per heavy atom. The average molecular weight is 226 g/mol. The van der Waals surface area contributed by atoms with Crippen LogP contribution < -0.4 is 5.73 Å². The van der Waals surface area contributed by atoms with Gasteiger partial charge in [-0.25, -0.2) is 0 Å². The highest BCUT2D eigenvalue weighted by molar-refractivity contribution is 7.80. The molecule has 2 aliphatic rings. The molecule has 0 spiro atoms. The number of nitrogens with zero attached hydrogens (tertiary/aromatic N) is 1. The maximum Gasteiger partial charge on any atom is 0.235 e. The molecule has 0 aromatic heterocycles. The smallest absolute Gasteiger partial charge is 0.235 e. The molecule has 0 bridgehead atoms. The molecule has 2 N–H and O–H groups in total. The second-order valence-electron chi connectivity index (χ2n) is 4.92. The third-order valence-electron chi connectivity index (χ3n) is 3.70. The lowest BCUT2D eigenvalue weighted by atomic mass is 9.97. The Kier molecular flexibility index (Phi) is 2.71. The summed E-state index contributed by atoms with van der Waals surface area (Å²) in [6, 6.07) is 0. The van der Waals surface area contributed by atoms with Gasteiger partial charge in [-0.15, -0.1) is 0 Å². The zero-order chi connectivity index (χ0) is 11.1. The fourth-order valence-corrected chi connectivity index (χ4v) is 2.50. The van der Waals surface area contributed by atoms with Crippen molar-refractivity contribution in [3.8, 4) is 0 Å². The van der Waals surface area contributed by atoms with Crippen LogP contribution in [0.15, 0.2) is 0 Å². The number of rotatable bonds is 2. The molecule has 1 saturated heterocycles. The van der Waals surface area contributed by atoms with Crippen LogP contribution in [0.5, 0.6) is 0 Å². The van der Waals surface area contributed by atoms with E-state index in [1.54, 1.807) is 0 Å². The van der Waals surface area contributed by atoms with E-state index in [0.29, 0.717) is 4.99 Å². The minimum atomic E-state index is -0.449. The van der Waals surface area contributed by atoms with Crippen molar-refractivity contribution in [2.75, 3.05) is 13.1 Å². The minimum Gasteiger partial charge on any atom is -0.392 e. The summed E-state index contributed by atoms with van der Waals surface area (Å²) in [7, 11) is 0. The molecule has 0 radical (unpaired) electrons. The largest absolute Gasteiger partial charge is 0.392 e. The first kappa shape index (κ1) is 10.9. The predicted molar refractivity (Wildman–Crippen MR) is 63.4 cm³/mol. The highest BCUT2D eigenvalue weighted by Crippen LogP contribution is 2.47. The van der Waals surface area contributed by atoms with Crippen molar-refractivity contribution in [2.24, 2.45) is 17.1 Å². The van der Waals surface area contributed by atoms with Crippen LogP contribution in [0.3, 0.4) is 0 Å². The zero-order valence-corrected chi connectivity index (χ0v) is 9.98. The van der Waals surface area contributed by atoms with Gasteiger partial charge >= 0.3 is 0 Å². The molecule has 84 valence electrons. The van der Waals surface area contributed by atoms with Crippen molar-refractivity contribution < 1.29 is 4.79 Å². The van der Waals surface area contributed by atoms with Crippen molar-refractivity contribution >= 4 is 23.1 Å². The molecule has 1 saturated carbocycles. The lowest BCUT2D eigenvalue weighted by molar-refractivity contribution is -0.135. The van der Waals surface area contributed by atoms with Gasteiger partial charge in [0, 0.05) is 13.1 Å². The summed E-state index contributed by atoms with van der Waals surface area (Å²) < 4.78 is 0.